The Bertz CT molecular complexity index is 1120. The van der Waals surface area contributed by atoms with Crippen LogP contribution < -0.4 is 5.73 Å². The normalized spacial score (nSPS) is 11.2. The van der Waals surface area contributed by atoms with Crippen LogP contribution in [0.25, 0.3) is 22.7 Å². The van der Waals surface area contributed by atoms with E-state index in [1.54, 1.807) is 36.5 Å². The van der Waals surface area contributed by atoms with Gasteiger partial charge < -0.3 is 14.7 Å². The zero-order valence-corrected chi connectivity index (χ0v) is 14.8. The van der Waals surface area contributed by atoms with Gasteiger partial charge >= 0.3 is 0 Å². The molecule has 0 saturated carbocycles. The fourth-order valence-electron chi connectivity index (χ4n) is 2.78. The molecule has 0 radical (unpaired) electrons. The van der Waals surface area contributed by atoms with Gasteiger partial charge in [-0.25, -0.2) is 9.97 Å². The molecule has 0 saturated heterocycles. The van der Waals surface area contributed by atoms with Crippen molar-refractivity contribution in [2.24, 2.45) is 5.73 Å². The van der Waals surface area contributed by atoms with Crippen LogP contribution in [0.2, 0.25) is 10.0 Å². The third kappa shape index (κ3) is 2.94. The molecule has 1 amide bonds. The highest BCUT2D eigenvalue weighted by molar-refractivity contribution is 6.42. The standard InChI is InChI=1S/C18H12Cl2N4O2/c19-12-7-14-15(8-13(12)20)24(17(23-14)18-22-4-5-26-18)9-10-2-1-3-11(6-10)16(21)25/h1-8H,9H2,(H2,21,25). The highest BCUT2D eigenvalue weighted by Gasteiger charge is 2.18. The summed E-state index contributed by atoms with van der Waals surface area (Å²) in [5, 5.41) is 0.837. The fraction of sp³-hybridized carbons (Fsp3) is 0.0556. The maximum Gasteiger partial charge on any atom is 0.263 e. The molecule has 0 aliphatic heterocycles. The quantitative estimate of drug-likeness (QED) is 0.570. The SMILES string of the molecule is NC(=O)c1cccc(Cn2c(-c3ncco3)nc3cc(Cl)c(Cl)cc32)c1. The Kier molecular flexibility index (Phi) is 4.14. The third-order valence-corrected chi connectivity index (χ3v) is 4.69. The van der Waals surface area contributed by atoms with Crippen LogP contribution in [0.4, 0.5) is 0 Å². The number of halogens is 2. The van der Waals surface area contributed by atoms with Crippen LogP contribution in [-0.2, 0) is 6.54 Å². The number of imidazole rings is 1. The topological polar surface area (TPSA) is 86.9 Å². The number of hydrogen-bond donors (Lipinski definition) is 1. The molecule has 0 aliphatic rings. The number of rotatable bonds is 4. The van der Waals surface area contributed by atoms with Crippen molar-refractivity contribution >= 4 is 40.1 Å². The summed E-state index contributed by atoms with van der Waals surface area (Å²) >= 11 is 12.3. The lowest BCUT2D eigenvalue weighted by Crippen LogP contribution is -2.11. The van der Waals surface area contributed by atoms with Crippen LogP contribution in [0.1, 0.15) is 15.9 Å². The minimum Gasteiger partial charge on any atom is -0.442 e. The van der Waals surface area contributed by atoms with Crippen molar-refractivity contribution < 1.29 is 9.21 Å². The van der Waals surface area contributed by atoms with Gasteiger partial charge in [0.25, 0.3) is 5.89 Å². The van der Waals surface area contributed by atoms with Gasteiger partial charge in [0.1, 0.15) is 6.26 Å². The molecule has 6 nitrogen and oxygen atoms in total. The summed E-state index contributed by atoms with van der Waals surface area (Å²) in [5.74, 6) is 0.428. The summed E-state index contributed by atoms with van der Waals surface area (Å²) in [6.07, 6.45) is 3.03. The van der Waals surface area contributed by atoms with Crippen molar-refractivity contribution in [3.8, 4) is 11.7 Å². The van der Waals surface area contributed by atoms with Crippen LogP contribution in [0.15, 0.2) is 53.3 Å². The van der Waals surface area contributed by atoms with Crippen molar-refractivity contribution in [2.75, 3.05) is 0 Å². The van der Waals surface area contributed by atoms with E-state index in [4.69, 9.17) is 33.4 Å². The van der Waals surface area contributed by atoms with Crippen LogP contribution in [0.5, 0.6) is 0 Å². The predicted molar refractivity (Wildman–Crippen MR) is 99.3 cm³/mol. The highest BCUT2D eigenvalue weighted by atomic mass is 35.5. The van der Waals surface area contributed by atoms with Gasteiger partial charge in [-0.05, 0) is 29.8 Å². The molecule has 0 unspecified atom stereocenters. The zero-order valence-electron chi connectivity index (χ0n) is 13.3. The van der Waals surface area contributed by atoms with Gasteiger partial charge in [0, 0.05) is 12.1 Å². The smallest absolute Gasteiger partial charge is 0.263 e. The van der Waals surface area contributed by atoms with Gasteiger partial charge in [0.2, 0.25) is 5.91 Å². The van der Waals surface area contributed by atoms with E-state index >= 15 is 0 Å². The average Bonchev–Trinajstić information content (AvgIpc) is 3.25. The number of primary amides is 1. The largest absolute Gasteiger partial charge is 0.442 e. The van der Waals surface area contributed by atoms with Crippen LogP contribution in [0.3, 0.4) is 0 Å². The van der Waals surface area contributed by atoms with E-state index in [1.165, 1.54) is 6.26 Å². The van der Waals surface area contributed by atoms with Crippen molar-refractivity contribution in [2.45, 2.75) is 6.54 Å². The van der Waals surface area contributed by atoms with Crippen molar-refractivity contribution in [3.05, 3.63) is 70.0 Å². The number of fused-ring (bicyclic) bond motifs is 1. The Morgan fingerprint density at radius 3 is 2.73 bits per heavy atom. The van der Waals surface area contributed by atoms with E-state index in [-0.39, 0.29) is 0 Å². The van der Waals surface area contributed by atoms with Gasteiger partial charge in [-0.2, -0.15) is 0 Å². The second kappa shape index (κ2) is 6.48. The number of aromatic nitrogens is 3. The number of nitrogens with zero attached hydrogens (tertiary/aromatic N) is 3. The third-order valence-electron chi connectivity index (χ3n) is 3.97. The molecule has 2 aromatic heterocycles. The lowest BCUT2D eigenvalue weighted by molar-refractivity contribution is 0.1000. The molecule has 0 aliphatic carbocycles. The Morgan fingerprint density at radius 2 is 2.00 bits per heavy atom. The van der Waals surface area contributed by atoms with Crippen LogP contribution >= 0.6 is 23.2 Å². The summed E-state index contributed by atoms with van der Waals surface area (Å²) in [7, 11) is 0. The van der Waals surface area contributed by atoms with E-state index in [2.05, 4.69) is 9.97 Å². The minimum atomic E-state index is -0.481. The lowest BCUT2D eigenvalue weighted by atomic mass is 10.1. The monoisotopic (exact) mass is 386 g/mol. The Morgan fingerprint density at radius 1 is 1.19 bits per heavy atom. The molecular formula is C18H12Cl2N4O2. The first-order chi connectivity index (χ1) is 12.5. The summed E-state index contributed by atoms with van der Waals surface area (Å²) in [4.78, 5) is 20.2. The summed E-state index contributed by atoms with van der Waals surface area (Å²) in [5.41, 5.74) is 8.13. The number of oxazole rings is 1. The number of nitrogens with two attached hydrogens (primary N) is 1. The number of carbonyl (C=O) groups is 1. The Labute approximate surface area is 158 Å². The molecule has 0 bridgehead atoms. The summed E-state index contributed by atoms with van der Waals surface area (Å²) in [6.45, 7) is 0.424. The fourth-order valence-corrected chi connectivity index (χ4v) is 3.10. The first-order valence-electron chi connectivity index (χ1n) is 7.67. The molecule has 0 atom stereocenters. The van der Waals surface area contributed by atoms with Crippen molar-refractivity contribution in [1.82, 2.24) is 14.5 Å². The van der Waals surface area contributed by atoms with E-state index in [0.717, 1.165) is 11.1 Å². The molecule has 4 aromatic rings. The molecule has 2 aromatic carbocycles. The van der Waals surface area contributed by atoms with Gasteiger partial charge in [-0.1, -0.05) is 35.3 Å². The van der Waals surface area contributed by atoms with E-state index in [9.17, 15) is 4.79 Å². The van der Waals surface area contributed by atoms with Gasteiger partial charge in [0.15, 0.2) is 5.82 Å². The molecular weight excluding hydrogens is 375 g/mol. The number of hydrogen-bond acceptors (Lipinski definition) is 4. The second-order valence-electron chi connectivity index (χ2n) is 5.68. The van der Waals surface area contributed by atoms with E-state index in [1.807, 2.05) is 10.6 Å². The maximum atomic E-state index is 11.4. The van der Waals surface area contributed by atoms with E-state index in [0.29, 0.717) is 39.4 Å². The number of amides is 1. The zero-order chi connectivity index (χ0) is 18.3. The molecule has 8 heteroatoms. The van der Waals surface area contributed by atoms with Gasteiger partial charge in [0.05, 0.1) is 27.3 Å². The Balaban J connectivity index is 1.89. The van der Waals surface area contributed by atoms with Crippen LogP contribution in [-0.4, -0.2) is 20.4 Å². The number of carbonyl (C=O) groups excluding carboxylic acids is 1. The Hall–Kier alpha value is -2.83. The first kappa shape index (κ1) is 16.6. The summed E-state index contributed by atoms with van der Waals surface area (Å²) in [6, 6.07) is 10.5. The minimum absolute atomic E-state index is 0.375. The van der Waals surface area contributed by atoms with Gasteiger partial charge in [-0.3, -0.25) is 4.79 Å². The molecule has 0 spiro atoms. The van der Waals surface area contributed by atoms with Gasteiger partial charge in [-0.15, -0.1) is 0 Å². The lowest BCUT2D eigenvalue weighted by Gasteiger charge is -2.09. The molecule has 2 N–H and O–H groups in total. The first-order valence-corrected chi connectivity index (χ1v) is 8.42. The maximum absolute atomic E-state index is 11.4. The highest BCUT2D eigenvalue weighted by Crippen LogP contribution is 2.31. The molecule has 2 heterocycles. The van der Waals surface area contributed by atoms with Crippen molar-refractivity contribution in [3.63, 3.8) is 0 Å². The second-order valence-corrected chi connectivity index (χ2v) is 6.49. The summed E-state index contributed by atoms with van der Waals surface area (Å²) < 4.78 is 7.32. The van der Waals surface area contributed by atoms with E-state index < -0.39 is 5.91 Å². The molecule has 130 valence electrons. The molecule has 26 heavy (non-hydrogen) atoms. The molecule has 0 fully saturated rings. The van der Waals surface area contributed by atoms with Crippen LogP contribution in [0, 0.1) is 0 Å². The number of benzene rings is 2. The predicted octanol–water partition coefficient (Wildman–Crippen LogP) is 4.15. The van der Waals surface area contributed by atoms with Crippen molar-refractivity contribution in [1.29, 1.82) is 0 Å². The molecule has 4 rings (SSSR count). The average molecular weight is 387 g/mol.